The van der Waals surface area contributed by atoms with E-state index in [2.05, 4.69) is 162 Å². The smallest absolute Gasteiger partial charge is 0.235 e. The van der Waals surface area contributed by atoms with Gasteiger partial charge in [-0.2, -0.15) is 0 Å². The number of hydrogen-bond acceptors (Lipinski definition) is 4. The molecule has 0 saturated carbocycles. The van der Waals surface area contributed by atoms with Gasteiger partial charge < -0.3 is 4.42 Å². The lowest BCUT2D eigenvalue weighted by Gasteiger charge is -2.13. The van der Waals surface area contributed by atoms with Gasteiger partial charge in [0, 0.05) is 52.7 Å². The van der Waals surface area contributed by atoms with Gasteiger partial charge in [-0.15, -0.1) is 11.3 Å². The van der Waals surface area contributed by atoms with E-state index >= 15 is 0 Å². The molecule has 4 heterocycles. The Hall–Kier alpha value is -7.08. The summed E-state index contributed by atoms with van der Waals surface area (Å²) in [7, 11) is 0. The lowest BCUT2D eigenvalue weighted by molar-refractivity contribution is 0.671. The van der Waals surface area contributed by atoms with Gasteiger partial charge in [0.2, 0.25) is 5.95 Å². The topological polar surface area (TPSA) is 43.9 Å². The maximum atomic E-state index is 6.85. The van der Waals surface area contributed by atoms with Crippen LogP contribution in [0.5, 0.6) is 0 Å². The molecule has 0 fully saturated rings. The van der Waals surface area contributed by atoms with Crippen molar-refractivity contribution >= 4 is 86.2 Å². The van der Waals surface area contributed by atoms with E-state index in [4.69, 9.17) is 14.4 Å². The second-order valence-corrected chi connectivity index (χ2v) is 15.2. The van der Waals surface area contributed by atoms with Gasteiger partial charge in [-0.05, 0) is 64.7 Å². The number of thiophene rings is 1. The zero-order valence-corrected chi connectivity index (χ0v) is 30.2. The summed E-state index contributed by atoms with van der Waals surface area (Å²) in [6.45, 7) is 0. The van der Waals surface area contributed by atoms with Crippen molar-refractivity contribution in [1.82, 2.24) is 14.5 Å². The van der Waals surface area contributed by atoms with E-state index in [1.807, 2.05) is 29.5 Å². The first kappa shape index (κ1) is 30.4. The van der Waals surface area contributed by atoms with E-state index in [-0.39, 0.29) is 0 Å². The molecule has 5 heteroatoms. The highest BCUT2D eigenvalue weighted by molar-refractivity contribution is 7.25. The maximum Gasteiger partial charge on any atom is 0.235 e. The molecule has 0 bridgehead atoms. The van der Waals surface area contributed by atoms with E-state index in [1.165, 1.54) is 31.3 Å². The molecule has 256 valence electrons. The Morgan fingerprint density at radius 3 is 1.98 bits per heavy atom. The minimum absolute atomic E-state index is 0.602. The first-order valence-corrected chi connectivity index (χ1v) is 19.3. The van der Waals surface area contributed by atoms with Crippen molar-refractivity contribution in [2.24, 2.45) is 0 Å². The first-order chi connectivity index (χ1) is 27.3. The van der Waals surface area contributed by atoms with E-state index < -0.39 is 0 Å². The predicted octanol–water partition coefficient (Wildman–Crippen LogP) is 14.0. The summed E-state index contributed by atoms with van der Waals surface area (Å²) in [5.74, 6) is 0.602. The zero-order chi connectivity index (χ0) is 36.0. The standard InChI is InChI=1S/C50H29N3OS/c1-2-12-30(13-3-1)31-22-24-32(25-23-31)47-36-16-4-8-18-41(36)51-50(52-47)53-42-19-9-5-17-37(42)46-38(29-40-34-14-6-10-20-43(34)54-49(40)48(46)53)33-26-27-45-39(28-33)35-15-7-11-21-44(35)55-45/h1-29H. The number of nitrogens with zero attached hydrogens (tertiary/aromatic N) is 3. The summed E-state index contributed by atoms with van der Waals surface area (Å²) in [4.78, 5) is 10.8. The highest BCUT2D eigenvalue weighted by Gasteiger charge is 2.25. The lowest BCUT2D eigenvalue weighted by Crippen LogP contribution is -2.03. The molecule has 0 amide bonds. The van der Waals surface area contributed by atoms with Crippen molar-refractivity contribution < 1.29 is 4.42 Å². The molecule has 0 unspecified atom stereocenters. The fraction of sp³-hybridized carbons (Fsp3) is 0. The van der Waals surface area contributed by atoms with Crippen molar-refractivity contribution in [3.63, 3.8) is 0 Å². The van der Waals surface area contributed by atoms with Crippen LogP contribution in [0.15, 0.2) is 180 Å². The largest absolute Gasteiger partial charge is 0.454 e. The predicted molar refractivity (Wildman–Crippen MR) is 230 cm³/mol. The van der Waals surface area contributed by atoms with E-state index in [0.29, 0.717) is 5.95 Å². The number of fused-ring (bicyclic) bond motifs is 11. The van der Waals surface area contributed by atoms with Gasteiger partial charge in [0.05, 0.1) is 16.7 Å². The second kappa shape index (κ2) is 11.7. The Kier molecular flexibility index (Phi) is 6.47. The molecule has 0 atom stereocenters. The summed E-state index contributed by atoms with van der Waals surface area (Å²) < 4.78 is 11.7. The van der Waals surface area contributed by atoms with Gasteiger partial charge >= 0.3 is 0 Å². The van der Waals surface area contributed by atoms with E-state index in [1.54, 1.807) is 0 Å². The molecule has 0 aliphatic carbocycles. The van der Waals surface area contributed by atoms with Crippen molar-refractivity contribution in [3.8, 4) is 39.5 Å². The van der Waals surface area contributed by atoms with Crippen LogP contribution in [-0.2, 0) is 0 Å². The van der Waals surface area contributed by atoms with Gasteiger partial charge in [0.25, 0.3) is 0 Å². The van der Waals surface area contributed by atoms with Crippen LogP contribution < -0.4 is 0 Å². The molecule has 4 nitrogen and oxygen atoms in total. The minimum atomic E-state index is 0.602. The third-order valence-electron chi connectivity index (χ3n) is 11.0. The number of hydrogen-bond donors (Lipinski definition) is 0. The number of aromatic nitrogens is 3. The molecule has 12 rings (SSSR count). The molecule has 4 aromatic heterocycles. The average molecular weight is 720 g/mol. The Morgan fingerprint density at radius 2 is 1.11 bits per heavy atom. The average Bonchev–Trinajstić information content (AvgIpc) is 3.93. The molecule has 8 aromatic carbocycles. The molecule has 0 spiro atoms. The molecule has 0 N–H and O–H groups in total. The maximum absolute atomic E-state index is 6.85. The van der Waals surface area contributed by atoms with Crippen molar-refractivity contribution in [1.29, 1.82) is 0 Å². The minimum Gasteiger partial charge on any atom is -0.454 e. The summed E-state index contributed by atoms with van der Waals surface area (Å²) in [5.41, 5.74) is 11.1. The first-order valence-electron chi connectivity index (χ1n) is 18.5. The molecule has 55 heavy (non-hydrogen) atoms. The van der Waals surface area contributed by atoms with Crippen molar-refractivity contribution in [2.75, 3.05) is 0 Å². The van der Waals surface area contributed by atoms with Crippen LogP contribution in [-0.4, -0.2) is 14.5 Å². The van der Waals surface area contributed by atoms with Crippen LogP contribution >= 0.6 is 11.3 Å². The molecule has 12 aromatic rings. The fourth-order valence-corrected chi connectivity index (χ4v) is 9.58. The third kappa shape index (κ3) is 4.57. The number of benzene rings is 8. The van der Waals surface area contributed by atoms with Gasteiger partial charge in [-0.25, -0.2) is 9.97 Å². The molecular formula is C50H29N3OS. The monoisotopic (exact) mass is 719 g/mol. The van der Waals surface area contributed by atoms with Crippen LogP contribution in [0.4, 0.5) is 0 Å². The normalized spacial score (nSPS) is 12.0. The van der Waals surface area contributed by atoms with Crippen LogP contribution in [0.2, 0.25) is 0 Å². The van der Waals surface area contributed by atoms with Crippen LogP contribution in [0.25, 0.3) is 114 Å². The van der Waals surface area contributed by atoms with Crippen LogP contribution in [0, 0.1) is 0 Å². The third-order valence-corrected chi connectivity index (χ3v) is 12.2. The van der Waals surface area contributed by atoms with Crippen molar-refractivity contribution in [2.45, 2.75) is 0 Å². The summed E-state index contributed by atoms with van der Waals surface area (Å²) >= 11 is 1.84. The van der Waals surface area contributed by atoms with Gasteiger partial charge in [0.1, 0.15) is 11.1 Å². The van der Waals surface area contributed by atoms with Gasteiger partial charge in [-0.1, -0.05) is 133 Å². The Morgan fingerprint density at radius 1 is 0.455 bits per heavy atom. The highest BCUT2D eigenvalue weighted by Crippen LogP contribution is 2.46. The second-order valence-electron chi connectivity index (χ2n) is 14.1. The summed E-state index contributed by atoms with van der Waals surface area (Å²) in [6.07, 6.45) is 0. The fourth-order valence-electron chi connectivity index (χ4n) is 8.49. The Balaban J connectivity index is 1.18. The SMILES string of the molecule is c1ccc(-c2ccc(-c3nc(-n4c5ccccc5c5c(-c6ccc7sc8ccccc8c7c6)cc6c7ccccc7oc6c54)nc4ccccc34)cc2)cc1. The molecule has 0 aliphatic rings. The van der Waals surface area contributed by atoms with E-state index in [9.17, 15) is 0 Å². The summed E-state index contributed by atoms with van der Waals surface area (Å²) in [5, 5.41) is 7.94. The van der Waals surface area contributed by atoms with E-state index in [0.717, 1.165) is 77.0 Å². The molecule has 0 aliphatic heterocycles. The zero-order valence-electron chi connectivity index (χ0n) is 29.4. The van der Waals surface area contributed by atoms with Crippen LogP contribution in [0.1, 0.15) is 0 Å². The number of rotatable bonds is 4. The van der Waals surface area contributed by atoms with Gasteiger partial charge in [0.15, 0.2) is 5.58 Å². The van der Waals surface area contributed by atoms with Gasteiger partial charge in [-0.3, -0.25) is 4.57 Å². The lowest BCUT2D eigenvalue weighted by atomic mass is 9.95. The number of para-hydroxylation sites is 3. The Bertz CT molecular complexity index is 3480. The molecule has 0 radical (unpaired) electrons. The molecular weight excluding hydrogens is 691 g/mol. The highest BCUT2D eigenvalue weighted by atomic mass is 32.1. The molecule has 0 saturated heterocycles. The van der Waals surface area contributed by atoms with Crippen molar-refractivity contribution in [3.05, 3.63) is 176 Å². The Labute approximate surface area is 319 Å². The number of furan rings is 1. The van der Waals surface area contributed by atoms with Crippen LogP contribution in [0.3, 0.4) is 0 Å². The summed E-state index contributed by atoms with van der Waals surface area (Å²) in [6, 6.07) is 62.4. The quantitative estimate of drug-likeness (QED) is 0.182.